The Kier molecular flexibility index (Phi) is 3.16. The van der Waals surface area contributed by atoms with Gasteiger partial charge in [-0.3, -0.25) is 4.79 Å². The van der Waals surface area contributed by atoms with Gasteiger partial charge in [-0.05, 0) is 18.6 Å². The first-order valence-corrected chi connectivity index (χ1v) is 4.75. The molecule has 0 bridgehead atoms. The first-order valence-electron chi connectivity index (χ1n) is 4.75. The Bertz CT molecular complexity index is 334. The number of nitrogens with two attached hydrogens (primary N) is 1. The fourth-order valence-electron chi connectivity index (χ4n) is 1.59. The van der Waals surface area contributed by atoms with Crippen LogP contribution in [0.2, 0.25) is 0 Å². The summed E-state index contributed by atoms with van der Waals surface area (Å²) in [6.07, 6.45) is 1.72. The van der Waals surface area contributed by atoms with Crippen molar-refractivity contribution in [1.29, 1.82) is 0 Å². The summed E-state index contributed by atoms with van der Waals surface area (Å²) < 4.78 is 0. The van der Waals surface area contributed by atoms with E-state index in [0.717, 1.165) is 12.2 Å². The molecule has 0 saturated heterocycles. The van der Waals surface area contributed by atoms with Crippen LogP contribution in [0.1, 0.15) is 19.8 Å². The van der Waals surface area contributed by atoms with Gasteiger partial charge in [0, 0.05) is 5.57 Å². The number of primary amides is 1. The molecule has 1 aliphatic rings. The van der Waals surface area contributed by atoms with Crippen LogP contribution in [0.25, 0.3) is 0 Å². The van der Waals surface area contributed by atoms with Gasteiger partial charge >= 0.3 is 0 Å². The highest BCUT2D eigenvalue weighted by Gasteiger charge is 2.41. The molecule has 2 atom stereocenters. The fraction of sp³-hybridized carbons (Fsp3) is 0.500. The predicted molar refractivity (Wildman–Crippen MR) is 53.9 cm³/mol. The zero-order chi connectivity index (χ0) is 11.6. The molecule has 0 aliphatic heterocycles. The summed E-state index contributed by atoms with van der Waals surface area (Å²) in [5.74, 6) is -1.17. The number of hydrogen-bond donors (Lipinski definition) is 4. The monoisotopic (exact) mass is 213 g/mol. The maximum Gasteiger partial charge on any atom is 0.248 e. The largest absolute Gasteiger partial charge is 0.509 e. The third-order valence-electron chi connectivity index (χ3n) is 2.48. The van der Waals surface area contributed by atoms with Crippen LogP contribution < -0.4 is 5.73 Å². The van der Waals surface area contributed by atoms with Gasteiger partial charge in [-0.2, -0.15) is 0 Å². The minimum atomic E-state index is -1.70. The number of aliphatic hydroxyl groups is 3. The molecule has 0 spiro atoms. The molecule has 0 radical (unpaired) electrons. The molecule has 0 aromatic carbocycles. The first kappa shape index (κ1) is 11.7. The lowest BCUT2D eigenvalue weighted by molar-refractivity contribution is -0.114. The molecule has 0 fully saturated rings. The van der Waals surface area contributed by atoms with Gasteiger partial charge in [0.2, 0.25) is 5.91 Å². The number of hydrogen-bond acceptors (Lipinski definition) is 4. The minimum Gasteiger partial charge on any atom is -0.509 e. The lowest BCUT2D eigenvalue weighted by atomic mass is 9.84. The smallest absolute Gasteiger partial charge is 0.248 e. The molecule has 0 heterocycles. The van der Waals surface area contributed by atoms with Crippen LogP contribution in [0.3, 0.4) is 0 Å². The third kappa shape index (κ3) is 2.03. The molecule has 2 unspecified atom stereocenters. The molecule has 1 aliphatic carbocycles. The van der Waals surface area contributed by atoms with E-state index in [1.165, 1.54) is 0 Å². The van der Waals surface area contributed by atoms with Crippen LogP contribution in [-0.4, -0.2) is 32.9 Å². The van der Waals surface area contributed by atoms with Gasteiger partial charge < -0.3 is 21.1 Å². The maximum absolute atomic E-state index is 10.8. The number of carbonyl (C=O) groups is 1. The lowest BCUT2D eigenvalue weighted by Crippen LogP contribution is -2.45. The topological polar surface area (TPSA) is 104 Å². The summed E-state index contributed by atoms with van der Waals surface area (Å²) in [5, 5.41) is 29.1. The number of rotatable bonds is 3. The molecule has 1 amide bonds. The summed E-state index contributed by atoms with van der Waals surface area (Å²) in [5.41, 5.74) is 3.30. The summed E-state index contributed by atoms with van der Waals surface area (Å²) in [4.78, 5) is 10.8. The number of amides is 1. The molecular weight excluding hydrogens is 198 g/mol. The van der Waals surface area contributed by atoms with Crippen molar-refractivity contribution in [3.05, 3.63) is 23.5 Å². The Morgan fingerprint density at radius 3 is 2.67 bits per heavy atom. The van der Waals surface area contributed by atoms with Crippen LogP contribution >= 0.6 is 0 Å². The van der Waals surface area contributed by atoms with Crippen molar-refractivity contribution >= 4 is 5.91 Å². The molecule has 0 aromatic rings. The molecule has 0 saturated carbocycles. The Morgan fingerprint density at radius 2 is 2.27 bits per heavy atom. The van der Waals surface area contributed by atoms with Crippen LogP contribution in [0, 0.1) is 0 Å². The van der Waals surface area contributed by atoms with Gasteiger partial charge in [-0.1, -0.05) is 13.3 Å². The Morgan fingerprint density at radius 1 is 1.67 bits per heavy atom. The molecule has 1 rings (SSSR count). The van der Waals surface area contributed by atoms with Crippen molar-refractivity contribution in [3.8, 4) is 0 Å². The fourth-order valence-corrected chi connectivity index (χ4v) is 1.59. The highest BCUT2D eigenvalue weighted by atomic mass is 16.4. The Balaban J connectivity index is 3.03. The summed E-state index contributed by atoms with van der Waals surface area (Å²) >= 11 is 0. The van der Waals surface area contributed by atoms with E-state index >= 15 is 0 Å². The van der Waals surface area contributed by atoms with Gasteiger partial charge in [-0.25, -0.2) is 0 Å². The molecule has 0 aromatic heterocycles. The van der Waals surface area contributed by atoms with Crippen molar-refractivity contribution in [1.82, 2.24) is 0 Å². The van der Waals surface area contributed by atoms with E-state index in [2.05, 4.69) is 0 Å². The Labute approximate surface area is 87.5 Å². The van der Waals surface area contributed by atoms with Gasteiger partial charge in [0.05, 0.1) is 0 Å². The second-order valence-corrected chi connectivity index (χ2v) is 3.63. The second kappa shape index (κ2) is 4.04. The van der Waals surface area contributed by atoms with Crippen molar-refractivity contribution in [2.75, 3.05) is 0 Å². The highest BCUT2D eigenvalue weighted by Crippen LogP contribution is 2.31. The van der Waals surface area contributed by atoms with Crippen molar-refractivity contribution in [3.63, 3.8) is 0 Å². The van der Waals surface area contributed by atoms with Crippen LogP contribution in [0.5, 0.6) is 0 Å². The first-order chi connectivity index (χ1) is 6.91. The lowest BCUT2D eigenvalue weighted by Gasteiger charge is -2.33. The molecular formula is C10H15NO4. The van der Waals surface area contributed by atoms with E-state index in [9.17, 15) is 20.1 Å². The van der Waals surface area contributed by atoms with Gasteiger partial charge in [0.25, 0.3) is 0 Å². The standard InChI is InChI=1S/C10H15NO4/c1-2-3-10(15)7(12)4-6(9(11)14)5-8(10)13/h4-5,7,12-13,15H,2-3H2,1H3,(H2,11,14). The third-order valence-corrected chi connectivity index (χ3v) is 2.48. The quantitative estimate of drug-likeness (QED) is 0.518. The average Bonchev–Trinajstić information content (AvgIpc) is 2.14. The van der Waals surface area contributed by atoms with E-state index in [-0.39, 0.29) is 12.0 Å². The van der Waals surface area contributed by atoms with Crippen molar-refractivity contribution in [2.24, 2.45) is 5.73 Å². The summed E-state index contributed by atoms with van der Waals surface area (Å²) in [7, 11) is 0. The van der Waals surface area contributed by atoms with Gasteiger partial charge in [-0.15, -0.1) is 0 Å². The Hall–Kier alpha value is -1.33. The minimum absolute atomic E-state index is 0.000720. The SMILES string of the molecule is CCCC1(O)C(O)=CC(C(N)=O)=CC1O. The predicted octanol–water partition coefficient (Wildman–Crippen LogP) is -0.254. The normalized spacial score (nSPS) is 30.7. The van der Waals surface area contributed by atoms with Gasteiger partial charge in [0.15, 0.2) is 5.60 Å². The molecule has 5 nitrogen and oxygen atoms in total. The number of carbonyl (C=O) groups excluding carboxylic acids is 1. The number of aliphatic hydroxyl groups excluding tert-OH is 2. The zero-order valence-electron chi connectivity index (χ0n) is 8.47. The zero-order valence-corrected chi connectivity index (χ0v) is 8.47. The second-order valence-electron chi connectivity index (χ2n) is 3.63. The molecule has 5 heteroatoms. The van der Waals surface area contributed by atoms with E-state index in [0.29, 0.717) is 6.42 Å². The van der Waals surface area contributed by atoms with Crippen LogP contribution in [0.4, 0.5) is 0 Å². The molecule has 15 heavy (non-hydrogen) atoms. The highest BCUT2D eigenvalue weighted by molar-refractivity contribution is 5.95. The average molecular weight is 213 g/mol. The van der Waals surface area contributed by atoms with Crippen molar-refractivity contribution in [2.45, 2.75) is 31.5 Å². The van der Waals surface area contributed by atoms with Gasteiger partial charge in [0.1, 0.15) is 11.9 Å². The summed E-state index contributed by atoms with van der Waals surface area (Å²) in [6.45, 7) is 1.81. The maximum atomic E-state index is 10.8. The molecule has 5 N–H and O–H groups in total. The van der Waals surface area contributed by atoms with E-state index in [1.54, 1.807) is 0 Å². The van der Waals surface area contributed by atoms with Crippen molar-refractivity contribution < 1.29 is 20.1 Å². The van der Waals surface area contributed by atoms with Crippen LogP contribution in [0.15, 0.2) is 23.5 Å². The van der Waals surface area contributed by atoms with E-state index < -0.39 is 23.4 Å². The molecule has 84 valence electrons. The van der Waals surface area contributed by atoms with E-state index in [4.69, 9.17) is 5.73 Å². The summed E-state index contributed by atoms with van der Waals surface area (Å²) in [6, 6.07) is 0. The van der Waals surface area contributed by atoms with Crippen LogP contribution in [-0.2, 0) is 4.79 Å². The van der Waals surface area contributed by atoms with E-state index in [1.807, 2.05) is 6.92 Å².